The lowest BCUT2D eigenvalue weighted by Gasteiger charge is -2.07. The maximum atomic E-state index is 12.0. The summed E-state index contributed by atoms with van der Waals surface area (Å²) in [6, 6.07) is 4.99. The van der Waals surface area contributed by atoms with Gasteiger partial charge in [-0.05, 0) is 40.5 Å². The van der Waals surface area contributed by atoms with Crippen molar-refractivity contribution in [2.75, 3.05) is 31.7 Å². The average Bonchev–Trinajstić information content (AvgIpc) is 2.34. The van der Waals surface area contributed by atoms with Crippen LogP contribution in [0.3, 0.4) is 0 Å². The minimum absolute atomic E-state index is 0.0600. The molecule has 7 heteroatoms. The summed E-state index contributed by atoms with van der Waals surface area (Å²) >= 11 is 3.29. The maximum absolute atomic E-state index is 12.0. The van der Waals surface area contributed by atoms with Crippen LogP contribution in [0.25, 0.3) is 0 Å². The van der Waals surface area contributed by atoms with Crippen LogP contribution in [0.1, 0.15) is 6.42 Å². The molecule has 0 saturated carbocycles. The fourth-order valence-corrected chi connectivity index (χ4v) is 3.32. The predicted octanol–water partition coefficient (Wildman–Crippen LogP) is 1.29. The zero-order valence-electron chi connectivity index (χ0n) is 10.6. The molecule has 0 aliphatic rings. The average molecular weight is 349 g/mol. The Balaban J connectivity index is 2.48. The van der Waals surface area contributed by atoms with Crippen LogP contribution in [-0.2, 0) is 20.3 Å². The third-order valence-electron chi connectivity index (χ3n) is 2.31. The quantitative estimate of drug-likeness (QED) is 0.574. The maximum Gasteiger partial charge on any atom is 0.233 e. The van der Waals surface area contributed by atoms with E-state index in [1.54, 1.807) is 25.3 Å². The number of nitrogens with two attached hydrogens (primary N) is 1. The summed E-state index contributed by atoms with van der Waals surface area (Å²) in [5, 5.41) is 2.70. The Kier molecular flexibility index (Phi) is 7.04. The number of methoxy groups -OCH3 is 1. The Morgan fingerprint density at radius 2 is 2.26 bits per heavy atom. The van der Waals surface area contributed by atoms with Gasteiger partial charge in [0.25, 0.3) is 0 Å². The molecule has 1 aromatic carbocycles. The van der Waals surface area contributed by atoms with Crippen LogP contribution < -0.4 is 11.1 Å². The second kappa shape index (κ2) is 8.29. The van der Waals surface area contributed by atoms with E-state index < -0.39 is 10.8 Å². The molecular weight excluding hydrogens is 332 g/mol. The van der Waals surface area contributed by atoms with E-state index in [0.717, 1.165) is 6.42 Å². The van der Waals surface area contributed by atoms with Gasteiger partial charge in [-0.3, -0.25) is 9.00 Å². The molecule has 0 heterocycles. The summed E-state index contributed by atoms with van der Waals surface area (Å²) in [6.07, 6.45) is 0.737. The molecule has 3 N–H and O–H groups in total. The first-order chi connectivity index (χ1) is 9.04. The minimum Gasteiger partial charge on any atom is -0.399 e. The number of nitrogens with one attached hydrogen (secondary N) is 1. The Morgan fingerprint density at radius 1 is 1.53 bits per heavy atom. The van der Waals surface area contributed by atoms with Crippen LogP contribution in [0.15, 0.2) is 27.6 Å². The molecule has 0 saturated heterocycles. The van der Waals surface area contributed by atoms with E-state index in [1.807, 2.05) is 0 Å². The van der Waals surface area contributed by atoms with Gasteiger partial charge in [-0.1, -0.05) is 0 Å². The lowest BCUT2D eigenvalue weighted by atomic mass is 10.3. The number of carbonyl (C=O) groups excluding carboxylic acids is 1. The highest BCUT2D eigenvalue weighted by molar-refractivity contribution is 9.10. The van der Waals surface area contributed by atoms with Gasteiger partial charge in [0.05, 0.1) is 15.7 Å². The van der Waals surface area contributed by atoms with Crippen molar-refractivity contribution < 1.29 is 13.7 Å². The molecule has 0 aliphatic heterocycles. The van der Waals surface area contributed by atoms with Crippen molar-refractivity contribution in [1.29, 1.82) is 0 Å². The lowest BCUT2D eigenvalue weighted by molar-refractivity contribution is -0.118. The zero-order chi connectivity index (χ0) is 14.3. The molecular formula is C12H17BrN2O3S. The molecule has 0 radical (unpaired) electrons. The normalized spacial score (nSPS) is 12.1. The van der Waals surface area contributed by atoms with Gasteiger partial charge in [-0.15, -0.1) is 0 Å². The van der Waals surface area contributed by atoms with E-state index in [4.69, 9.17) is 10.5 Å². The SMILES string of the molecule is COCCCNC(=O)CS(=O)c1ccc(N)cc1Br. The molecule has 0 aliphatic carbocycles. The number of carbonyl (C=O) groups is 1. The van der Waals surface area contributed by atoms with Crippen LogP contribution in [0, 0.1) is 0 Å². The first-order valence-electron chi connectivity index (χ1n) is 5.73. The molecule has 19 heavy (non-hydrogen) atoms. The highest BCUT2D eigenvalue weighted by Gasteiger charge is 2.12. The fourth-order valence-electron chi connectivity index (χ4n) is 1.39. The van der Waals surface area contributed by atoms with Crippen molar-refractivity contribution in [3.8, 4) is 0 Å². The Morgan fingerprint density at radius 3 is 2.89 bits per heavy atom. The second-order valence-corrected chi connectivity index (χ2v) is 6.15. The zero-order valence-corrected chi connectivity index (χ0v) is 13.1. The monoisotopic (exact) mass is 348 g/mol. The number of anilines is 1. The smallest absolute Gasteiger partial charge is 0.233 e. The van der Waals surface area contributed by atoms with E-state index in [9.17, 15) is 9.00 Å². The van der Waals surface area contributed by atoms with Gasteiger partial charge >= 0.3 is 0 Å². The number of amides is 1. The van der Waals surface area contributed by atoms with E-state index in [0.29, 0.717) is 28.2 Å². The van der Waals surface area contributed by atoms with Crippen molar-refractivity contribution in [1.82, 2.24) is 5.32 Å². The number of benzene rings is 1. The van der Waals surface area contributed by atoms with Crippen LogP contribution in [-0.4, -0.2) is 36.1 Å². The predicted molar refractivity (Wildman–Crippen MR) is 79.3 cm³/mol. The number of rotatable bonds is 7. The molecule has 1 aromatic rings. The first-order valence-corrected chi connectivity index (χ1v) is 7.85. The van der Waals surface area contributed by atoms with Crippen LogP contribution >= 0.6 is 15.9 Å². The topological polar surface area (TPSA) is 81.4 Å². The summed E-state index contributed by atoms with van der Waals surface area (Å²) < 4.78 is 17.6. The Hall–Kier alpha value is -0.920. The van der Waals surface area contributed by atoms with Gasteiger partial charge in [0.15, 0.2) is 0 Å². The van der Waals surface area contributed by atoms with Crippen molar-refractivity contribution in [3.05, 3.63) is 22.7 Å². The van der Waals surface area contributed by atoms with E-state index in [1.165, 1.54) is 0 Å². The number of nitrogen functional groups attached to an aromatic ring is 1. The molecule has 0 fully saturated rings. The van der Waals surface area contributed by atoms with Gasteiger partial charge in [-0.25, -0.2) is 0 Å². The molecule has 1 unspecified atom stereocenters. The third-order valence-corrected chi connectivity index (χ3v) is 4.60. The van der Waals surface area contributed by atoms with Gasteiger partial charge in [-0.2, -0.15) is 0 Å². The van der Waals surface area contributed by atoms with Gasteiger partial charge in [0.2, 0.25) is 5.91 Å². The Bertz CT molecular complexity index is 468. The summed E-state index contributed by atoms with van der Waals surface area (Å²) in [6.45, 7) is 1.11. The molecule has 1 rings (SSSR count). The van der Waals surface area contributed by atoms with Crippen molar-refractivity contribution in [2.45, 2.75) is 11.3 Å². The third kappa shape index (κ3) is 5.71. The van der Waals surface area contributed by atoms with E-state index in [-0.39, 0.29) is 11.7 Å². The highest BCUT2D eigenvalue weighted by atomic mass is 79.9. The second-order valence-electron chi connectivity index (χ2n) is 3.88. The highest BCUT2D eigenvalue weighted by Crippen LogP contribution is 2.23. The van der Waals surface area contributed by atoms with Crippen LogP contribution in [0.5, 0.6) is 0 Å². The molecule has 5 nitrogen and oxygen atoms in total. The van der Waals surface area contributed by atoms with Crippen molar-refractivity contribution >= 4 is 38.3 Å². The summed E-state index contributed by atoms with van der Waals surface area (Å²) in [7, 11) is 0.220. The fraction of sp³-hybridized carbons (Fsp3) is 0.417. The van der Waals surface area contributed by atoms with E-state index in [2.05, 4.69) is 21.2 Å². The molecule has 0 spiro atoms. The van der Waals surface area contributed by atoms with Crippen LogP contribution in [0.4, 0.5) is 5.69 Å². The number of hydrogen-bond donors (Lipinski definition) is 2. The summed E-state index contributed by atoms with van der Waals surface area (Å²) in [4.78, 5) is 12.2. The molecule has 0 aromatic heterocycles. The molecule has 1 atom stereocenters. The van der Waals surface area contributed by atoms with Crippen LogP contribution in [0.2, 0.25) is 0 Å². The van der Waals surface area contributed by atoms with Crippen molar-refractivity contribution in [3.63, 3.8) is 0 Å². The Labute approximate surface area is 123 Å². The minimum atomic E-state index is -1.39. The first kappa shape index (κ1) is 16.1. The summed E-state index contributed by atoms with van der Waals surface area (Å²) in [5.74, 6) is -0.298. The standard InChI is InChI=1S/C12H17BrN2O3S/c1-18-6-2-5-15-12(16)8-19(17)11-4-3-9(14)7-10(11)13/h3-4,7H,2,5-6,8,14H2,1H3,(H,15,16). The van der Waals surface area contributed by atoms with Gasteiger partial charge < -0.3 is 15.8 Å². The molecule has 106 valence electrons. The number of halogens is 1. The largest absolute Gasteiger partial charge is 0.399 e. The number of hydrogen-bond acceptors (Lipinski definition) is 4. The van der Waals surface area contributed by atoms with Gasteiger partial charge in [0, 0.05) is 30.4 Å². The van der Waals surface area contributed by atoms with E-state index >= 15 is 0 Å². The molecule has 1 amide bonds. The molecule has 0 bridgehead atoms. The lowest BCUT2D eigenvalue weighted by Crippen LogP contribution is -2.29. The summed E-state index contributed by atoms with van der Waals surface area (Å²) in [5.41, 5.74) is 6.18. The van der Waals surface area contributed by atoms with Gasteiger partial charge in [0.1, 0.15) is 5.75 Å². The number of ether oxygens (including phenoxy) is 1. The van der Waals surface area contributed by atoms with Crippen molar-refractivity contribution in [2.24, 2.45) is 0 Å².